The molecule has 0 saturated heterocycles. The second-order valence-corrected chi connectivity index (χ2v) is 6.52. The molecular formula is C17H12Br2FNO. The molecule has 5 heteroatoms. The van der Waals surface area contributed by atoms with Gasteiger partial charge in [0, 0.05) is 20.2 Å². The molecule has 0 bridgehead atoms. The van der Waals surface area contributed by atoms with Crippen LogP contribution < -0.4 is 5.32 Å². The Bertz CT molecular complexity index is 784. The van der Waals surface area contributed by atoms with Gasteiger partial charge in [0.1, 0.15) is 17.3 Å². The van der Waals surface area contributed by atoms with Crippen LogP contribution in [0.2, 0.25) is 0 Å². The Labute approximate surface area is 144 Å². The molecule has 0 unspecified atom stereocenters. The zero-order chi connectivity index (χ0) is 15.5. The molecule has 3 aromatic rings. The lowest BCUT2D eigenvalue weighted by atomic mass is 10.2. The first-order valence-corrected chi connectivity index (χ1v) is 8.24. The maximum absolute atomic E-state index is 12.9. The quantitative estimate of drug-likeness (QED) is 0.537. The van der Waals surface area contributed by atoms with Crippen LogP contribution in [0.25, 0.3) is 11.3 Å². The highest BCUT2D eigenvalue weighted by atomic mass is 79.9. The van der Waals surface area contributed by atoms with Crippen LogP contribution in [-0.2, 0) is 6.54 Å². The van der Waals surface area contributed by atoms with E-state index in [0.29, 0.717) is 6.54 Å². The predicted octanol–water partition coefficient (Wildman–Crippen LogP) is 6.22. The minimum absolute atomic E-state index is 0.245. The summed E-state index contributed by atoms with van der Waals surface area (Å²) in [5.41, 5.74) is 1.85. The van der Waals surface area contributed by atoms with Gasteiger partial charge in [-0.3, -0.25) is 0 Å². The number of benzene rings is 2. The molecule has 0 aliphatic rings. The summed E-state index contributed by atoms with van der Waals surface area (Å²) in [6, 6.07) is 16.1. The zero-order valence-corrected chi connectivity index (χ0v) is 14.6. The van der Waals surface area contributed by atoms with E-state index in [9.17, 15) is 4.39 Å². The van der Waals surface area contributed by atoms with Crippen LogP contribution in [-0.4, -0.2) is 0 Å². The first-order valence-electron chi connectivity index (χ1n) is 6.65. The summed E-state index contributed by atoms with van der Waals surface area (Å²) >= 11 is 6.97. The van der Waals surface area contributed by atoms with Crippen molar-refractivity contribution in [1.29, 1.82) is 0 Å². The molecule has 3 rings (SSSR count). The molecule has 2 nitrogen and oxygen atoms in total. The third-order valence-electron chi connectivity index (χ3n) is 3.17. The van der Waals surface area contributed by atoms with Gasteiger partial charge < -0.3 is 9.73 Å². The minimum atomic E-state index is -0.245. The number of anilines is 1. The molecule has 2 aromatic carbocycles. The largest absolute Gasteiger partial charge is 0.459 e. The van der Waals surface area contributed by atoms with Gasteiger partial charge in [-0.15, -0.1) is 0 Å². The third kappa shape index (κ3) is 3.59. The lowest BCUT2D eigenvalue weighted by Gasteiger charge is -2.04. The van der Waals surface area contributed by atoms with Crippen molar-refractivity contribution in [3.8, 4) is 11.3 Å². The van der Waals surface area contributed by atoms with Gasteiger partial charge in [-0.25, -0.2) is 4.39 Å². The molecule has 0 amide bonds. The summed E-state index contributed by atoms with van der Waals surface area (Å²) in [5.74, 6) is 1.37. The molecule has 1 aromatic heterocycles. The van der Waals surface area contributed by atoms with Crippen LogP contribution in [0.1, 0.15) is 5.76 Å². The Morgan fingerprint density at radius 1 is 0.955 bits per heavy atom. The molecule has 0 aliphatic heterocycles. The highest BCUT2D eigenvalue weighted by molar-refractivity contribution is 9.11. The van der Waals surface area contributed by atoms with E-state index < -0.39 is 0 Å². The molecule has 0 spiro atoms. The molecule has 0 atom stereocenters. The standard InChI is InChI=1S/C17H12Br2FNO/c18-11-1-7-15(16(19)9-11)17-8-6-14(22-17)10-21-13-4-2-12(20)3-5-13/h1-9,21H,10H2. The van der Waals surface area contributed by atoms with E-state index in [4.69, 9.17) is 4.42 Å². The van der Waals surface area contributed by atoms with Gasteiger partial charge in [0.15, 0.2) is 0 Å². The molecule has 0 aliphatic carbocycles. The monoisotopic (exact) mass is 423 g/mol. The van der Waals surface area contributed by atoms with Gasteiger partial charge in [-0.2, -0.15) is 0 Å². The molecule has 22 heavy (non-hydrogen) atoms. The van der Waals surface area contributed by atoms with E-state index in [1.54, 1.807) is 12.1 Å². The highest BCUT2D eigenvalue weighted by Gasteiger charge is 2.08. The molecule has 1 N–H and O–H groups in total. The maximum Gasteiger partial charge on any atom is 0.135 e. The Balaban J connectivity index is 1.72. The normalized spacial score (nSPS) is 10.7. The zero-order valence-electron chi connectivity index (χ0n) is 11.4. The van der Waals surface area contributed by atoms with Crippen molar-refractivity contribution < 1.29 is 8.81 Å². The van der Waals surface area contributed by atoms with Crippen molar-refractivity contribution >= 4 is 37.5 Å². The highest BCUT2D eigenvalue weighted by Crippen LogP contribution is 2.32. The average Bonchev–Trinajstić information content (AvgIpc) is 2.95. The number of halogens is 3. The summed E-state index contributed by atoms with van der Waals surface area (Å²) in [6.45, 7) is 0.541. The summed E-state index contributed by atoms with van der Waals surface area (Å²) in [6.07, 6.45) is 0. The van der Waals surface area contributed by atoms with Crippen LogP contribution in [0.5, 0.6) is 0 Å². The molecule has 0 fully saturated rings. The van der Waals surface area contributed by atoms with Crippen molar-refractivity contribution in [2.24, 2.45) is 0 Å². The van der Waals surface area contributed by atoms with E-state index >= 15 is 0 Å². The van der Waals surface area contributed by atoms with Gasteiger partial charge in [0.25, 0.3) is 0 Å². The molecular weight excluding hydrogens is 413 g/mol. The van der Waals surface area contributed by atoms with Crippen LogP contribution >= 0.6 is 31.9 Å². The van der Waals surface area contributed by atoms with E-state index in [1.165, 1.54) is 12.1 Å². The maximum atomic E-state index is 12.9. The smallest absolute Gasteiger partial charge is 0.135 e. The van der Waals surface area contributed by atoms with Crippen molar-refractivity contribution in [1.82, 2.24) is 0 Å². The predicted molar refractivity (Wildman–Crippen MR) is 93.3 cm³/mol. The fourth-order valence-corrected chi connectivity index (χ4v) is 3.31. The Hall–Kier alpha value is -1.59. The fourth-order valence-electron chi connectivity index (χ4n) is 2.06. The Morgan fingerprint density at radius 3 is 2.45 bits per heavy atom. The Morgan fingerprint density at radius 2 is 1.73 bits per heavy atom. The first-order chi connectivity index (χ1) is 10.6. The molecule has 0 radical (unpaired) electrons. The first kappa shape index (κ1) is 15.3. The number of rotatable bonds is 4. The average molecular weight is 425 g/mol. The molecule has 1 heterocycles. The second kappa shape index (κ2) is 6.67. The van der Waals surface area contributed by atoms with Gasteiger partial charge in [0.2, 0.25) is 0 Å². The molecule has 112 valence electrons. The van der Waals surface area contributed by atoms with Crippen LogP contribution in [0, 0.1) is 5.82 Å². The molecule has 0 saturated carbocycles. The minimum Gasteiger partial charge on any atom is -0.459 e. The van der Waals surface area contributed by atoms with Crippen LogP contribution in [0.15, 0.2) is 68.0 Å². The van der Waals surface area contributed by atoms with Gasteiger partial charge in [0.05, 0.1) is 6.54 Å². The van der Waals surface area contributed by atoms with E-state index in [1.807, 2.05) is 30.3 Å². The number of hydrogen-bond donors (Lipinski definition) is 1. The van der Waals surface area contributed by atoms with E-state index in [-0.39, 0.29) is 5.82 Å². The fraction of sp³-hybridized carbons (Fsp3) is 0.0588. The summed E-state index contributed by atoms with van der Waals surface area (Å²) in [5, 5.41) is 3.20. The number of nitrogens with one attached hydrogen (secondary N) is 1. The summed E-state index contributed by atoms with van der Waals surface area (Å²) in [4.78, 5) is 0. The van der Waals surface area contributed by atoms with Crippen LogP contribution in [0.4, 0.5) is 10.1 Å². The van der Waals surface area contributed by atoms with Crippen molar-refractivity contribution in [3.63, 3.8) is 0 Å². The number of furan rings is 1. The second-order valence-electron chi connectivity index (χ2n) is 4.75. The van der Waals surface area contributed by atoms with Gasteiger partial charge in [-0.05, 0) is 70.5 Å². The van der Waals surface area contributed by atoms with Gasteiger partial charge in [-0.1, -0.05) is 15.9 Å². The van der Waals surface area contributed by atoms with Crippen molar-refractivity contribution in [2.75, 3.05) is 5.32 Å². The summed E-state index contributed by atoms with van der Waals surface area (Å²) < 4.78 is 20.7. The van der Waals surface area contributed by atoms with E-state index in [2.05, 4.69) is 37.2 Å². The van der Waals surface area contributed by atoms with Gasteiger partial charge >= 0.3 is 0 Å². The third-order valence-corrected chi connectivity index (χ3v) is 4.32. The van der Waals surface area contributed by atoms with Crippen molar-refractivity contribution in [2.45, 2.75) is 6.54 Å². The number of hydrogen-bond acceptors (Lipinski definition) is 2. The van der Waals surface area contributed by atoms with Crippen molar-refractivity contribution in [3.05, 3.63) is 75.1 Å². The Kier molecular flexibility index (Phi) is 4.64. The van der Waals surface area contributed by atoms with Crippen LogP contribution in [0.3, 0.4) is 0 Å². The lowest BCUT2D eigenvalue weighted by molar-refractivity contribution is 0.531. The SMILES string of the molecule is Fc1ccc(NCc2ccc(-c3ccc(Br)cc3Br)o2)cc1. The lowest BCUT2D eigenvalue weighted by Crippen LogP contribution is -1.97. The topological polar surface area (TPSA) is 25.2 Å². The van der Waals surface area contributed by atoms with E-state index in [0.717, 1.165) is 31.7 Å². The summed E-state index contributed by atoms with van der Waals surface area (Å²) in [7, 11) is 0.